The van der Waals surface area contributed by atoms with Gasteiger partial charge in [-0.3, -0.25) is 18.7 Å². The lowest BCUT2D eigenvalue weighted by Gasteiger charge is -2.16. The minimum absolute atomic E-state index is 0.0196. The van der Waals surface area contributed by atoms with E-state index in [0.717, 1.165) is 17.4 Å². The second kappa shape index (κ2) is 10.4. The number of thiazole rings is 1. The van der Waals surface area contributed by atoms with E-state index in [1.807, 2.05) is 30.3 Å². The first-order chi connectivity index (χ1) is 16.5. The molecule has 0 radical (unpaired) electrons. The summed E-state index contributed by atoms with van der Waals surface area (Å²) in [5.41, 5.74) is 1.34. The number of aromatic nitrogens is 3. The van der Waals surface area contributed by atoms with Crippen LogP contribution in [0.15, 0.2) is 58.5 Å². The molecule has 0 saturated carbocycles. The van der Waals surface area contributed by atoms with Crippen LogP contribution in [0.25, 0.3) is 21.7 Å². The molecule has 0 spiro atoms. The van der Waals surface area contributed by atoms with Gasteiger partial charge in [-0.05, 0) is 43.4 Å². The average Bonchev–Trinajstić information content (AvgIpc) is 3.19. The zero-order valence-corrected chi connectivity index (χ0v) is 21.1. The molecule has 0 N–H and O–H groups in total. The highest BCUT2D eigenvalue weighted by Gasteiger charge is 2.22. The molecule has 34 heavy (non-hydrogen) atoms. The van der Waals surface area contributed by atoms with Crippen molar-refractivity contribution < 1.29 is 19.0 Å². The molecule has 0 atom stereocenters. The molecule has 0 bridgehead atoms. The molecule has 8 nitrogen and oxygen atoms in total. The first-order valence-corrected chi connectivity index (χ1v) is 12.4. The van der Waals surface area contributed by atoms with E-state index < -0.39 is 5.97 Å². The molecule has 0 aliphatic heterocycles. The van der Waals surface area contributed by atoms with Gasteiger partial charge in [-0.1, -0.05) is 41.3 Å². The van der Waals surface area contributed by atoms with Crippen molar-refractivity contribution in [2.45, 2.75) is 12.1 Å². The molecule has 2 aromatic carbocycles. The molecule has 0 saturated heterocycles. The fraction of sp³-hybridized carbons (Fsp3) is 0.217. The van der Waals surface area contributed by atoms with Crippen LogP contribution in [0, 0.1) is 3.95 Å². The van der Waals surface area contributed by atoms with Crippen molar-refractivity contribution in [1.29, 1.82) is 0 Å². The largest absolute Gasteiger partial charge is 0.497 e. The van der Waals surface area contributed by atoms with Crippen molar-refractivity contribution in [3.05, 3.63) is 62.8 Å². The van der Waals surface area contributed by atoms with E-state index >= 15 is 0 Å². The first-order valence-electron chi connectivity index (χ1n) is 10.2. The van der Waals surface area contributed by atoms with Gasteiger partial charge in [-0.2, -0.15) is 0 Å². The van der Waals surface area contributed by atoms with Gasteiger partial charge in [0.05, 0.1) is 32.3 Å². The number of thioether (sulfide) groups is 1. The maximum absolute atomic E-state index is 13.8. The Morgan fingerprint density at radius 3 is 2.56 bits per heavy atom. The summed E-state index contributed by atoms with van der Waals surface area (Å²) >= 11 is 7.88. The quantitative estimate of drug-likeness (QED) is 0.145. The number of benzene rings is 2. The second-order valence-corrected chi connectivity index (χ2v) is 9.44. The number of rotatable bonds is 8. The molecular weight excluding hydrogens is 494 g/mol. The topological polar surface area (TPSA) is 84.6 Å². The normalized spacial score (nSPS) is 10.9. The fourth-order valence-corrected chi connectivity index (χ4v) is 5.45. The Labute approximate surface area is 208 Å². The Morgan fingerprint density at radius 2 is 1.88 bits per heavy atom. The molecule has 11 heteroatoms. The van der Waals surface area contributed by atoms with Gasteiger partial charge in [0.2, 0.25) is 0 Å². The number of nitrogens with zero attached hydrogens (tertiary/aromatic N) is 3. The van der Waals surface area contributed by atoms with Crippen LogP contribution in [0.5, 0.6) is 11.5 Å². The Kier molecular flexibility index (Phi) is 7.35. The summed E-state index contributed by atoms with van der Waals surface area (Å²) in [5, 5.41) is 0.301. The van der Waals surface area contributed by atoms with Gasteiger partial charge in [0.15, 0.2) is 14.8 Å². The minimum atomic E-state index is -0.406. The molecule has 4 rings (SSSR count). The summed E-state index contributed by atoms with van der Waals surface area (Å²) < 4.78 is 20.0. The van der Waals surface area contributed by atoms with Gasteiger partial charge >= 0.3 is 5.97 Å². The number of methoxy groups -OCH3 is 2. The van der Waals surface area contributed by atoms with Crippen molar-refractivity contribution in [3.63, 3.8) is 0 Å². The molecule has 2 aromatic heterocycles. The van der Waals surface area contributed by atoms with Crippen molar-refractivity contribution in [2.75, 3.05) is 26.6 Å². The van der Waals surface area contributed by atoms with Gasteiger partial charge in [0, 0.05) is 11.8 Å². The van der Waals surface area contributed by atoms with Crippen LogP contribution in [0.4, 0.5) is 0 Å². The van der Waals surface area contributed by atoms with E-state index in [9.17, 15) is 9.59 Å². The van der Waals surface area contributed by atoms with Gasteiger partial charge in [-0.25, -0.2) is 4.98 Å². The third-order valence-electron chi connectivity index (χ3n) is 4.84. The summed E-state index contributed by atoms with van der Waals surface area (Å²) in [6, 6.07) is 14.6. The summed E-state index contributed by atoms with van der Waals surface area (Å²) in [4.78, 5) is 30.7. The average molecular weight is 516 g/mol. The molecule has 0 amide bonds. The van der Waals surface area contributed by atoms with Crippen LogP contribution in [0.3, 0.4) is 0 Å². The molecule has 176 valence electrons. The smallest absolute Gasteiger partial charge is 0.316 e. The number of carbonyl (C=O) groups is 1. The molecule has 0 unspecified atom stereocenters. The van der Waals surface area contributed by atoms with Gasteiger partial charge in [-0.15, -0.1) is 0 Å². The number of carbonyl (C=O) groups excluding carboxylic acids is 1. The van der Waals surface area contributed by atoms with E-state index in [-0.39, 0.29) is 17.9 Å². The summed E-state index contributed by atoms with van der Waals surface area (Å²) in [7, 11) is 3.06. The molecule has 2 heterocycles. The lowest BCUT2D eigenvalue weighted by Crippen LogP contribution is -2.23. The van der Waals surface area contributed by atoms with Crippen LogP contribution in [0.1, 0.15) is 6.92 Å². The van der Waals surface area contributed by atoms with Crippen LogP contribution in [-0.2, 0) is 9.53 Å². The number of hydrogen-bond donors (Lipinski definition) is 0. The Hall–Kier alpha value is -3.15. The molecule has 0 fully saturated rings. The molecule has 0 aliphatic rings. The SMILES string of the molecule is CCOC(=O)CSc1nc2c(sc(=S)n2-c2ccccc2)c(=O)n1-c1cc(OC)ccc1OC. The predicted octanol–water partition coefficient (Wildman–Crippen LogP) is 4.64. The van der Waals surface area contributed by atoms with Crippen LogP contribution >= 0.6 is 35.3 Å². The van der Waals surface area contributed by atoms with Gasteiger partial charge in [0.25, 0.3) is 5.56 Å². The third kappa shape index (κ3) is 4.59. The summed E-state index contributed by atoms with van der Waals surface area (Å²) in [5.74, 6) is 0.567. The molecular formula is C23H21N3O5S3. The first kappa shape index (κ1) is 24.0. The number of hydrogen-bond acceptors (Lipinski definition) is 9. The highest BCUT2D eigenvalue weighted by molar-refractivity contribution is 7.99. The van der Waals surface area contributed by atoms with E-state index in [1.165, 1.54) is 30.1 Å². The zero-order valence-electron chi connectivity index (χ0n) is 18.6. The molecule has 4 aromatic rings. The van der Waals surface area contributed by atoms with Crippen molar-refractivity contribution >= 4 is 51.6 Å². The monoisotopic (exact) mass is 515 g/mol. The Balaban J connectivity index is 2.01. The standard InChI is InChI=1S/C23H21N3O5S3/c1-4-31-18(27)13-33-22-24-20-19(34-23(32)25(20)14-8-6-5-7-9-14)21(28)26(22)16-12-15(29-2)10-11-17(16)30-3/h5-12H,4,13H2,1-3H3. The predicted molar refractivity (Wildman–Crippen MR) is 136 cm³/mol. The number of esters is 1. The van der Waals surface area contributed by atoms with Crippen LogP contribution in [-0.4, -0.2) is 46.7 Å². The Morgan fingerprint density at radius 1 is 1.12 bits per heavy atom. The fourth-order valence-electron chi connectivity index (χ4n) is 3.35. The second-order valence-electron chi connectivity index (χ2n) is 6.86. The van der Waals surface area contributed by atoms with E-state index in [4.69, 9.17) is 31.4 Å². The highest BCUT2D eigenvalue weighted by Crippen LogP contribution is 2.32. The highest BCUT2D eigenvalue weighted by atomic mass is 32.2. The summed E-state index contributed by atoms with van der Waals surface area (Å²) in [6.45, 7) is 2.00. The van der Waals surface area contributed by atoms with Crippen molar-refractivity contribution in [2.24, 2.45) is 0 Å². The van der Waals surface area contributed by atoms with Crippen LogP contribution in [0.2, 0.25) is 0 Å². The molecule has 0 aliphatic carbocycles. The van der Waals surface area contributed by atoms with E-state index in [2.05, 4.69) is 0 Å². The number of fused-ring (bicyclic) bond motifs is 1. The third-order valence-corrected chi connectivity index (χ3v) is 7.11. The van der Waals surface area contributed by atoms with Crippen molar-refractivity contribution in [3.8, 4) is 22.9 Å². The number of ether oxygens (including phenoxy) is 3. The number of para-hydroxylation sites is 1. The van der Waals surface area contributed by atoms with Gasteiger partial charge in [0.1, 0.15) is 16.2 Å². The van der Waals surface area contributed by atoms with E-state index in [1.54, 1.807) is 29.7 Å². The lowest BCUT2D eigenvalue weighted by molar-refractivity contribution is -0.139. The van der Waals surface area contributed by atoms with Crippen molar-refractivity contribution in [1.82, 2.24) is 14.1 Å². The minimum Gasteiger partial charge on any atom is -0.497 e. The van der Waals surface area contributed by atoms with Crippen LogP contribution < -0.4 is 15.0 Å². The maximum Gasteiger partial charge on any atom is 0.316 e. The lowest BCUT2D eigenvalue weighted by atomic mass is 10.2. The zero-order chi connectivity index (χ0) is 24.2. The summed E-state index contributed by atoms with van der Waals surface area (Å²) in [6.07, 6.45) is 0. The maximum atomic E-state index is 13.8. The van der Waals surface area contributed by atoms with E-state index in [0.29, 0.717) is 36.6 Å². The Bertz CT molecular complexity index is 1460. The van der Waals surface area contributed by atoms with Gasteiger partial charge < -0.3 is 14.2 Å².